The lowest BCUT2D eigenvalue weighted by molar-refractivity contribution is -0.122. The topological polar surface area (TPSA) is 75.3 Å². The molecule has 1 fully saturated rings. The zero-order chi connectivity index (χ0) is 18.0. The fourth-order valence-corrected chi connectivity index (χ4v) is 2.59. The normalized spacial score (nSPS) is 18.3. The van der Waals surface area contributed by atoms with Gasteiger partial charge in [0.15, 0.2) is 5.78 Å². The van der Waals surface area contributed by atoms with E-state index in [1.54, 1.807) is 24.3 Å². The SMILES string of the molecule is CC(=O)c1cccc(NC(=O)C2CC2C(=O)Nc2ccc(F)cc2)c1. The third-order valence-electron chi connectivity index (χ3n) is 4.11. The van der Waals surface area contributed by atoms with Gasteiger partial charge in [-0.15, -0.1) is 0 Å². The quantitative estimate of drug-likeness (QED) is 0.821. The summed E-state index contributed by atoms with van der Waals surface area (Å²) in [5.74, 6) is -1.78. The minimum atomic E-state index is -0.402. The fourth-order valence-electron chi connectivity index (χ4n) is 2.59. The van der Waals surface area contributed by atoms with Crippen LogP contribution in [-0.4, -0.2) is 17.6 Å². The van der Waals surface area contributed by atoms with E-state index in [4.69, 9.17) is 0 Å². The third-order valence-corrected chi connectivity index (χ3v) is 4.11. The molecule has 6 heteroatoms. The molecule has 0 aromatic heterocycles. The van der Waals surface area contributed by atoms with E-state index in [2.05, 4.69) is 10.6 Å². The van der Waals surface area contributed by atoms with Gasteiger partial charge in [-0.1, -0.05) is 12.1 Å². The minimum absolute atomic E-state index is 0.0842. The van der Waals surface area contributed by atoms with Gasteiger partial charge >= 0.3 is 0 Å². The number of ketones is 1. The highest BCUT2D eigenvalue weighted by molar-refractivity contribution is 6.03. The molecule has 0 aliphatic heterocycles. The smallest absolute Gasteiger partial charge is 0.228 e. The molecule has 0 spiro atoms. The van der Waals surface area contributed by atoms with Gasteiger partial charge in [0.1, 0.15) is 5.82 Å². The molecule has 2 unspecified atom stereocenters. The number of carbonyl (C=O) groups excluding carboxylic acids is 3. The van der Waals surface area contributed by atoms with E-state index < -0.39 is 11.8 Å². The zero-order valence-electron chi connectivity index (χ0n) is 13.6. The van der Waals surface area contributed by atoms with Gasteiger partial charge in [0.05, 0.1) is 11.8 Å². The van der Waals surface area contributed by atoms with Crippen molar-refractivity contribution in [3.05, 3.63) is 59.9 Å². The van der Waals surface area contributed by atoms with E-state index in [9.17, 15) is 18.8 Å². The second-order valence-corrected chi connectivity index (χ2v) is 6.07. The van der Waals surface area contributed by atoms with Crippen molar-refractivity contribution in [1.82, 2.24) is 0 Å². The van der Waals surface area contributed by atoms with Gasteiger partial charge in [0.25, 0.3) is 0 Å². The molecule has 1 saturated carbocycles. The molecule has 0 radical (unpaired) electrons. The van der Waals surface area contributed by atoms with Crippen molar-refractivity contribution in [3.8, 4) is 0 Å². The number of anilines is 2. The number of amides is 2. The second-order valence-electron chi connectivity index (χ2n) is 6.07. The van der Waals surface area contributed by atoms with Crippen molar-refractivity contribution in [2.75, 3.05) is 10.6 Å². The molecule has 0 heterocycles. The summed E-state index contributed by atoms with van der Waals surface area (Å²) in [5, 5.41) is 5.41. The highest BCUT2D eigenvalue weighted by atomic mass is 19.1. The molecular weight excluding hydrogens is 323 g/mol. The first-order chi connectivity index (χ1) is 11.9. The first-order valence-electron chi connectivity index (χ1n) is 7.92. The fraction of sp³-hybridized carbons (Fsp3) is 0.211. The lowest BCUT2D eigenvalue weighted by atomic mass is 10.1. The molecule has 5 nitrogen and oxygen atoms in total. The van der Waals surface area contributed by atoms with Crippen LogP contribution in [0.25, 0.3) is 0 Å². The second kappa shape index (κ2) is 6.84. The number of hydrogen-bond acceptors (Lipinski definition) is 3. The summed E-state index contributed by atoms with van der Waals surface area (Å²) in [6.07, 6.45) is 0.464. The van der Waals surface area contributed by atoms with E-state index in [1.165, 1.54) is 31.2 Å². The van der Waals surface area contributed by atoms with E-state index in [-0.39, 0.29) is 23.4 Å². The molecule has 2 atom stereocenters. The average molecular weight is 340 g/mol. The van der Waals surface area contributed by atoms with Crippen LogP contribution in [0.15, 0.2) is 48.5 Å². The van der Waals surface area contributed by atoms with Crippen molar-refractivity contribution in [2.24, 2.45) is 11.8 Å². The predicted molar refractivity (Wildman–Crippen MR) is 91.7 cm³/mol. The maximum atomic E-state index is 12.9. The predicted octanol–water partition coefficient (Wildman–Crippen LogP) is 3.24. The first-order valence-corrected chi connectivity index (χ1v) is 7.92. The van der Waals surface area contributed by atoms with E-state index in [1.807, 2.05) is 0 Å². The molecule has 2 aromatic rings. The van der Waals surface area contributed by atoms with Crippen molar-refractivity contribution in [2.45, 2.75) is 13.3 Å². The summed E-state index contributed by atoms with van der Waals surface area (Å²) in [6.45, 7) is 1.46. The standard InChI is InChI=1S/C19H17FN2O3/c1-11(23)12-3-2-4-15(9-12)22-19(25)17-10-16(17)18(24)21-14-7-5-13(20)6-8-14/h2-9,16-17H,10H2,1H3,(H,21,24)(H,22,25). The Bertz CT molecular complexity index is 833. The Kier molecular flexibility index (Phi) is 4.61. The number of rotatable bonds is 5. The lowest BCUT2D eigenvalue weighted by Gasteiger charge is -2.07. The minimum Gasteiger partial charge on any atom is -0.326 e. The van der Waals surface area contributed by atoms with Gasteiger partial charge < -0.3 is 10.6 Å². The highest BCUT2D eigenvalue weighted by Gasteiger charge is 2.48. The number of carbonyl (C=O) groups is 3. The summed E-state index contributed by atoms with van der Waals surface area (Å²) in [5.41, 5.74) is 1.54. The van der Waals surface area contributed by atoms with E-state index in [0.717, 1.165) is 0 Å². The monoisotopic (exact) mass is 340 g/mol. The Hall–Kier alpha value is -3.02. The van der Waals surface area contributed by atoms with Crippen LogP contribution in [0.5, 0.6) is 0 Å². The van der Waals surface area contributed by atoms with E-state index >= 15 is 0 Å². The lowest BCUT2D eigenvalue weighted by Crippen LogP contribution is -2.20. The number of Topliss-reactive ketones (excluding diaryl/α,β-unsaturated/α-hetero) is 1. The molecule has 25 heavy (non-hydrogen) atoms. The van der Waals surface area contributed by atoms with Crippen LogP contribution in [0.1, 0.15) is 23.7 Å². The Morgan fingerprint density at radius 1 is 0.920 bits per heavy atom. The van der Waals surface area contributed by atoms with E-state index in [0.29, 0.717) is 23.4 Å². The molecule has 0 saturated heterocycles. The Balaban J connectivity index is 1.56. The number of nitrogens with one attached hydrogen (secondary N) is 2. The molecule has 128 valence electrons. The zero-order valence-corrected chi connectivity index (χ0v) is 13.6. The van der Waals surface area contributed by atoms with Crippen molar-refractivity contribution < 1.29 is 18.8 Å². The molecular formula is C19H17FN2O3. The van der Waals surface area contributed by atoms with Gasteiger partial charge in [-0.3, -0.25) is 14.4 Å². The summed E-state index contributed by atoms with van der Waals surface area (Å²) in [7, 11) is 0. The summed E-state index contributed by atoms with van der Waals surface area (Å²) in [4.78, 5) is 35.8. The number of hydrogen-bond donors (Lipinski definition) is 2. The van der Waals surface area contributed by atoms with Gasteiger partial charge in [-0.05, 0) is 49.7 Å². The van der Waals surface area contributed by atoms with Crippen molar-refractivity contribution >= 4 is 29.0 Å². The Labute approximate surface area is 144 Å². The molecule has 2 aromatic carbocycles. The highest BCUT2D eigenvalue weighted by Crippen LogP contribution is 2.40. The molecule has 1 aliphatic rings. The van der Waals surface area contributed by atoms with Crippen LogP contribution in [0.2, 0.25) is 0 Å². The van der Waals surface area contributed by atoms with Crippen molar-refractivity contribution in [1.29, 1.82) is 0 Å². The van der Waals surface area contributed by atoms with Crippen molar-refractivity contribution in [3.63, 3.8) is 0 Å². The molecule has 3 rings (SSSR count). The largest absolute Gasteiger partial charge is 0.326 e. The van der Waals surface area contributed by atoms with Crippen LogP contribution in [0, 0.1) is 17.7 Å². The van der Waals surface area contributed by atoms with Crippen LogP contribution in [-0.2, 0) is 9.59 Å². The Morgan fingerprint density at radius 2 is 1.52 bits per heavy atom. The molecule has 2 N–H and O–H groups in total. The number of halogens is 1. The first kappa shape index (κ1) is 16.8. The summed E-state index contributed by atoms with van der Waals surface area (Å²) >= 11 is 0. The average Bonchev–Trinajstić information content (AvgIpc) is 3.38. The molecule has 0 bridgehead atoms. The summed E-state index contributed by atoms with van der Waals surface area (Å²) in [6, 6.07) is 12.1. The van der Waals surface area contributed by atoms with Crippen LogP contribution in [0.3, 0.4) is 0 Å². The maximum Gasteiger partial charge on any atom is 0.228 e. The summed E-state index contributed by atoms with van der Waals surface area (Å²) < 4.78 is 12.9. The van der Waals surface area contributed by atoms with Gasteiger partial charge in [0, 0.05) is 16.9 Å². The van der Waals surface area contributed by atoms with Crippen LogP contribution >= 0.6 is 0 Å². The molecule has 1 aliphatic carbocycles. The Morgan fingerprint density at radius 3 is 2.12 bits per heavy atom. The third kappa shape index (κ3) is 4.09. The van der Waals surface area contributed by atoms with Gasteiger partial charge in [-0.25, -0.2) is 4.39 Å². The van der Waals surface area contributed by atoms with Gasteiger partial charge in [-0.2, -0.15) is 0 Å². The van der Waals surface area contributed by atoms with Crippen LogP contribution in [0.4, 0.5) is 15.8 Å². The van der Waals surface area contributed by atoms with Crippen LogP contribution < -0.4 is 10.6 Å². The molecule has 2 amide bonds. The maximum absolute atomic E-state index is 12.9. The van der Waals surface area contributed by atoms with Gasteiger partial charge in [0.2, 0.25) is 11.8 Å². The number of benzene rings is 2.